The quantitative estimate of drug-likeness (QED) is 0.101. The molecule has 0 saturated heterocycles. The van der Waals surface area contributed by atoms with Crippen LogP contribution >= 0.6 is 0 Å². The number of carboxylic acids is 1. The lowest BCUT2D eigenvalue weighted by Gasteiger charge is -2.17. The van der Waals surface area contributed by atoms with E-state index in [1.165, 1.54) is 6.07 Å². The van der Waals surface area contributed by atoms with Crippen LogP contribution in [0.1, 0.15) is 69.2 Å². The Bertz CT molecular complexity index is 2680. The van der Waals surface area contributed by atoms with Crippen LogP contribution in [0.25, 0.3) is 21.5 Å². The first kappa shape index (κ1) is 43.7. The van der Waals surface area contributed by atoms with Crippen molar-refractivity contribution in [1.82, 2.24) is 15.3 Å². The van der Waals surface area contributed by atoms with E-state index in [1.54, 1.807) is 58.3 Å². The van der Waals surface area contributed by atoms with Gasteiger partial charge in [-0.2, -0.15) is 0 Å². The van der Waals surface area contributed by atoms with Crippen molar-refractivity contribution < 1.29 is 40.3 Å². The Morgan fingerprint density at radius 2 is 1.07 bits per heavy atom. The number of nitrogens with zero attached hydrogens (tertiary/aromatic N) is 2. The third-order valence-electron chi connectivity index (χ3n) is 8.30. The van der Waals surface area contributed by atoms with E-state index in [0.717, 1.165) is 46.2 Å². The van der Waals surface area contributed by atoms with Crippen molar-refractivity contribution in [3.05, 3.63) is 143 Å². The number of pyridine rings is 2. The number of sulfonamides is 2. The molecule has 6 rings (SSSR count). The van der Waals surface area contributed by atoms with Gasteiger partial charge >= 0.3 is 5.97 Å². The van der Waals surface area contributed by atoms with Crippen molar-refractivity contribution in [1.29, 1.82) is 0 Å². The van der Waals surface area contributed by atoms with Crippen LogP contribution in [0.5, 0.6) is 0 Å². The fraction of sp³-hybridized carbons (Fsp3) is 0.200. The van der Waals surface area contributed by atoms with E-state index >= 15 is 0 Å². The summed E-state index contributed by atoms with van der Waals surface area (Å²) in [6.45, 7) is 6.68. The van der Waals surface area contributed by atoms with Crippen LogP contribution in [0.3, 0.4) is 0 Å². The second-order valence-corrected chi connectivity index (χ2v) is 16.7. The number of halogens is 2. The first-order valence-corrected chi connectivity index (χ1v) is 20.9. The van der Waals surface area contributed by atoms with Gasteiger partial charge in [0.15, 0.2) is 0 Å². The van der Waals surface area contributed by atoms with E-state index in [9.17, 15) is 35.2 Å². The van der Waals surface area contributed by atoms with E-state index in [2.05, 4.69) is 24.7 Å². The molecule has 0 unspecified atom stereocenters. The number of aromatic nitrogens is 2. The normalized spacial score (nSPS) is 12.3. The SMILES string of the molecule is Cc1cc([C@@H](C)N)c(F)cc1NS(C)(=O)=O.Cc1cc([C@@H](C)NC(=O)c2cc3ccccc3cn2)c(F)cc1NS(C)(=O)=O.O=C(O)c1cc2ccccc2cn1. The summed E-state index contributed by atoms with van der Waals surface area (Å²) < 4.78 is 77.4. The number of nitrogens with one attached hydrogen (secondary N) is 3. The predicted molar refractivity (Wildman–Crippen MR) is 218 cm³/mol. The number of amides is 1. The van der Waals surface area contributed by atoms with Crippen LogP contribution in [0.4, 0.5) is 20.2 Å². The summed E-state index contributed by atoms with van der Waals surface area (Å²) in [6, 6.07) is 22.6. The van der Waals surface area contributed by atoms with E-state index in [4.69, 9.17) is 10.8 Å². The Kier molecular flexibility index (Phi) is 14.0. The molecule has 300 valence electrons. The molecule has 57 heavy (non-hydrogen) atoms. The molecular formula is C40H42F2N6O7S2. The molecule has 13 nitrogen and oxygen atoms in total. The fourth-order valence-corrected chi connectivity index (χ4v) is 6.70. The van der Waals surface area contributed by atoms with Gasteiger partial charge in [0.2, 0.25) is 20.0 Å². The van der Waals surface area contributed by atoms with Gasteiger partial charge in [0, 0.05) is 40.3 Å². The summed E-state index contributed by atoms with van der Waals surface area (Å²) >= 11 is 0. The van der Waals surface area contributed by atoms with Gasteiger partial charge in [-0.15, -0.1) is 0 Å². The Labute approximate surface area is 329 Å². The maximum atomic E-state index is 14.5. The molecule has 6 N–H and O–H groups in total. The second-order valence-electron chi connectivity index (χ2n) is 13.2. The van der Waals surface area contributed by atoms with E-state index < -0.39 is 55.6 Å². The summed E-state index contributed by atoms with van der Waals surface area (Å²) in [5.74, 6) is -2.54. The number of rotatable bonds is 9. The lowest BCUT2D eigenvalue weighted by molar-refractivity contribution is 0.0690. The van der Waals surface area contributed by atoms with Crippen molar-refractivity contribution in [2.45, 2.75) is 39.8 Å². The average Bonchev–Trinajstić information content (AvgIpc) is 3.13. The molecule has 4 aromatic carbocycles. The molecule has 0 bridgehead atoms. The number of anilines is 2. The van der Waals surface area contributed by atoms with Crippen LogP contribution in [-0.4, -0.2) is 56.3 Å². The zero-order valence-electron chi connectivity index (χ0n) is 31.8. The molecule has 17 heteroatoms. The predicted octanol–water partition coefficient (Wildman–Crippen LogP) is 7.00. The molecule has 0 fully saturated rings. The highest BCUT2D eigenvalue weighted by molar-refractivity contribution is 7.92. The number of hydrogen-bond acceptors (Lipinski definition) is 9. The smallest absolute Gasteiger partial charge is 0.354 e. The van der Waals surface area contributed by atoms with Gasteiger partial charge < -0.3 is 16.2 Å². The minimum atomic E-state index is -3.52. The number of aromatic carboxylic acids is 1. The Hall–Kier alpha value is -6.04. The van der Waals surface area contributed by atoms with Crippen LogP contribution in [0.15, 0.2) is 97.3 Å². The van der Waals surface area contributed by atoms with Crippen molar-refractivity contribution in [3.8, 4) is 0 Å². The molecule has 0 aliphatic carbocycles. The summed E-state index contributed by atoms with van der Waals surface area (Å²) in [7, 11) is -6.91. The van der Waals surface area contributed by atoms with Gasteiger partial charge in [-0.05, 0) is 86.0 Å². The average molecular weight is 821 g/mol. The largest absolute Gasteiger partial charge is 0.477 e. The molecule has 0 spiro atoms. The minimum absolute atomic E-state index is 0.0821. The summed E-state index contributed by atoms with van der Waals surface area (Å²) in [4.78, 5) is 31.1. The molecule has 0 radical (unpaired) electrons. The summed E-state index contributed by atoms with van der Waals surface area (Å²) in [6.07, 6.45) is 5.20. The van der Waals surface area contributed by atoms with E-state index in [0.29, 0.717) is 16.7 Å². The van der Waals surface area contributed by atoms with Crippen LogP contribution < -0.4 is 20.5 Å². The molecule has 0 aliphatic rings. The standard InChI is InChI=1S/C20H20FN3O3S.C10H15FN2O2S.C10H7NO2/c1-12-8-16(17(21)10-18(12)24-28(3,26)27)13(2)23-20(25)19-9-14-6-4-5-7-15(14)11-22-19;1-6-4-8(7(2)12)9(11)5-10(6)13-16(3,14)15;12-10(13)9-5-7-3-1-2-4-8(7)6-11-9/h4-11,13,24H,1-3H3,(H,23,25);4-5,7,13H,12H2,1-3H3;1-6H,(H,12,13)/t13-;7-;/m11./s1. The lowest BCUT2D eigenvalue weighted by atomic mass is 10.0. The maximum absolute atomic E-state index is 14.5. The number of carbonyl (C=O) groups is 2. The molecular weight excluding hydrogens is 779 g/mol. The first-order valence-electron chi connectivity index (χ1n) is 17.2. The third-order valence-corrected chi connectivity index (χ3v) is 9.48. The number of carboxylic acid groups (broad SMARTS) is 1. The van der Waals surface area contributed by atoms with Crippen molar-refractivity contribution in [3.63, 3.8) is 0 Å². The van der Waals surface area contributed by atoms with Crippen LogP contribution in [-0.2, 0) is 20.0 Å². The minimum Gasteiger partial charge on any atom is -0.477 e. The van der Waals surface area contributed by atoms with Gasteiger partial charge in [0.05, 0.1) is 29.9 Å². The molecule has 2 heterocycles. The molecule has 1 amide bonds. The van der Waals surface area contributed by atoms with Gasteiger partial charge in [0.1, 0.15) is 23.0 Å². The number of nitrogens with two attached hydrogens (primary N) is 1. The highest BCUT2D eigenvalue weighted by Gasteiger charge is 2.19. The zero-order chi connectivity index (χ0) is 42.2. The summed E-state index contributed by atoms with van der Waals surface area (Å²) in [5.41, 5.74) is 8.12. The maximum Gasteiger partial charge on any atom is 0.354 e. The topological polar surface area (TPSA) is 211 Å². The Balaban J connectivity index is 0.000000209. The van der Waals surface area contributed by atoms with Gasteiger partial charge in [0.25, 0.3) is 5.91 Å². The van der Waals surface area contributed by atoms with E-state index in [1.807, 2.05) is 48.5 Å². The third kappa shape index (κ3) is 12.5. The Morgan fingerprint density at radius 3 is 1.51 bits per heavy atom. The number of hydrogen-bond donors (Lipinski definition) is 5. The highest BCUT2D eigenvalue weighted by Crippen LogP contribution is 2.26. The highest BCUT2D eigenvalue weighted by atomic mass is 32.2. The van der Waals surface area contributed by atoms with E-state index in [-0.39, 0.29) is 28.3 Å². The van der Waals surface area contributed by atoms with Crippen molar-refractivity contribution in [2.75, 3.05) is 22.0 Å². The number of fused-ring (bicyclic) bond motifs is 2. The van der Waals surface area contributed by atoms with Gasteiger partial charge in [-0.25, -0.2) is 35.4 Å². The van der Waals surface area contributed by atoms with Crippen molar-refractivity contribution in [2.24, 2.45) is 5.73 Å². The molecule has 2 atom stereocenters. The fourth-order valence-electron chi connectivity index (χ4n) is 5.46. The van der Waals surface area contributed by atoms with Crippen molar-refractivity contribution >= 4 is 64.8 Å². The first-order chi connectivity index (χ1) is 26.6. The molecule has 6 aromatic rings. The molecule has 0 saturated carbocycles. The molecule has 2 aromatic heterocycles. The number of aryl methyl sites for hydroxylation is 2. The zero-order valence-corrected chi connectivity index (χ0v) is 33.5. The molecule has 0 aliphatic heterocycles. The second kappa shape index (κ2) is 18.3. The Morgan fingerprint density at radius 1 is 0.667 bits per heavy atom. The monoisotopic (exact) mass is 820 g/mol. The van der Waals surface area contributed by atoms with Gasteiger partial charge in [-0.3, -0.25) is 19.2 Å². The van der Waals surface area contributed by atoms with Gasteiger partial charge in [-0.1, -0.05) is 48.5 Å². The number of carbonyl (C=O) groups excluding carboxylic acids is 1. The van der Waals surface area contributed by atoms with Crippen LogP contribution in [0.2, 0.25) is 0 Å². The number of benzene rings is 4. The van der Waals surface area contributed by atoms with Crippen LogP contribution in [0, 0.1) is 25.5 Å². The lowest BCUT2D eigenvalue weighted by Crippen LogP contribution is -2.28. The summed E-state index contributed by atoms with van der Waals surface area (Å²) in [5, 5.41) is 15.1.